The van der Waals surface area contributed by atoms with Crippen molar-refractivity contribution in [2.45, 2.75) is 156 Å². The number of hydrogen-bond donors (Lipinski definition) is 2. The van der Waals surface area contributed by atoms with Gasteiger partial charge in [0.1, 0.15) is 0 Å². The predicted molar refractivity (Wildman–Crippen MR) is 134 cm³/mol. The molecular formula is C27H58N2. The van der Waals surface area contributed by atoms with Crippen molar-refractivity contribution in [3.8, 4) is 0 Å². The number of nitrogens with one attached hydrogen (secondary N) is 2. The topological polar surface area (TPSA) is 24.1 Å². The largest absolute Gasteiger partial charge is 0.300 e. The molecule has 0 saturated carbocycles. The van der Waals surface area contributed by atoms with Gasteiger partial charge < -0.3 is 0 Å². The van der Waals surface area contributed by atoms with Gasteiger partial charge in [0.15, 0.2) is 0 Å². The molecule has 0 heterocycles. The fourth-order valence-corrected chi connectivity index (χ4v) is 5.11. The predicted octanol–water partition coefficient (Wildman–Crippen LogP) is 8.60. The highest BCUT2D eigenvalue weighted by Gasteiger charge is 2.27. The third-order valence-corrected chi connectivity index (χ3v) is 6.95. The summed E-state index contributed by atoms with van der Waals surface area (Å²) in [5.41, 5.74) is 0.794. The molecule has 2 N–H and O–H groups in total. The van der Waals surface area contributed by atoms with Crippen LogP contribution in [0.2, 0.25) is 0 Å². The third kappa shape index (κ3) is 14.5. The van der Waals surface area contributed by atoms with E-state index in [0.717, 1.165) is 13.1 Å². The average Bonchev–Trinajstić information content (AvgIpc) is 2.71. The first-order chi connectivity index (χ1) is 14.0. The molecule has 2 heteroatoms. The highest BCUT2D eigenvalue weighted by molar-refractivity contribution is 4.80. The summed E-state index contributed by atoms with van der Waals surface area (Å²) in [5.74, 6) is 0. The normalized spacial score (nSPS) is 12.6. The molecule has 0 aliphatic rings. The maximum absolute atomic E-state index is 3.63. The zero-order valence-electron chi connectivity index (χ0n) is 21.4. The lowest BCUT2D eigenvalue weighted by Gasteiger charge is -2.35. The van der Waals surface area contributed by atoms with E-state index < -0.39 is 0 Å². The molecule has 0 aromatic rings. The highest BCUT2D eigenvalue weighted by atomic mass is 15.2. The van der Waals surface area contributed by atoms with Crippen LogP contribution in [-0.2, 0) is 0 Å². The van der Waals surface area contributed by atoms with Crippen molar-refractivity contribution in [1.29, 1.82) is 0 Å². The molecule has 0 bridgehead atoms. The van der Waals surface area contributed by atoms with Crippen LogP contribution in [0.4, 0.5) is 0 Å². The monoisotopic (exact) mass is 410 g/mol. The van der Waals surface area contributed by atoms with Crippen LogP contribution in [0.5, 0.6) is 0 Å². The Kier molecular flexibility index (Phi) is 18.6. The first kappa shape index (κ1) is 28.9. The Morgan fingerprint density at radius 1 is 0.448 bits per heavy atom. The molecule has 0 amide bonds. The maximum Gasteiger partial charge on any atom is 0.0657 e. The Balaban J connectivity index is 4.20. The Morgan fingerprint density at radius 3 is 1.17 bits per heavy atom. The standard InChI is InChI=1S/C27H58N2/c1-7-12-22-27(23-13-8-2,24-14-9-3)25-20-18-16-15-17-19-21-26(6,28-10-4)29-11-5/h28-29H,7-25H2,1-6H3. The second kappa shape index (κ2) is 18.7. The summed E-state index contributed by atoms with van der Waals surface area (Å²) in [4.78, 5) is 0. The van der Waals surface area contributed by atoms with Crippen LogP contribution in [0, 0.1) is 5.41 Å². The van der Waals surface area contributed by atoms with Gasteiger partial charge in [-0.2, -0.15) is 0 Å². The van der Waals surface area contributed by atoms with Gasteiger partial charge in [0.25, 0.3) is 0 Å². The molecule has 0 aliphatic carbocycles. The van der Waals surface area contributed by atoms with Gasteiger partial charge >= 0.3 is 0 Å². The molecule has 0 spiro atoms. The molecule has 0 radical (unpaired) electrons. The van der Waals surface area contributed by atoms with Crippen LogP contribution in [0.25, 0.3) is 0 Å². The highest BCUT2D eigenvalue weighted by Crippen LogP contribution is 2.41. The van der Waals surface area contributed by atoms with E-state index in [0.29, 0.717) is 5.41 Å². The van der Waals surface area contributed by atoms with Gasteiger partial charge in [-0.1, -0.05) is 112 Å². The fourth-order valence-electron chi connectivity index (χ4n) is 5.11. The van der Waals surface area contributed by atoms with E-state index in [-0.39, 0.29) is 5.66 Å². The van der Waals surface area contributed by atoms with Crippen molar-refractivity contribution in [1.82, 2.24) is 10.6 Å². The summed E-state index contributed by atoms with van der Waals surface area (Å²) in [6.45, 7) is 15.9. The molecule has 0 saturated heterocycles. The minimum atomic E-state index is 0.126. The fraction of sp³-hybridized carbons (Fsp3) is 1.00. The van der Waals surface area contributed by atoms with Gasteiger partial charge in [0.2, 0.25) is 0 Å². The first-order valence-electron chi connectivity index (χ1n) is 13.5. The summed E-state index contributed by atoms with van der Waals surface area (Å²) in [6, 6.07) is 0. The Labute approximate surface area is 185 Å². The molecule has 0 fully saturated rings. The van der Waals surface area contributed by atoms with E-state index in [1.807, 2.05) is 0 Å². The number of unbranched alkanes of at least 4 members (excludes halogenated alkanes) is 8. The van der Waals surface area contributed by atoms with E-state index >= 15 is 0 Å². The first-order valence-corrected chi connectivity index (χ1v) is 13.5. The minimum Gasteiger partial charge on any atom is -0.300 e. The summed E-state index contributed by atoms with van der Waals surface area (Å²) < 4.78 is 0. The summed E-state index contributed by atoms with van der Waals surface area (Å²) in [6.07, 6.45) is 24.0. The van der Waals surface area contributed by atoms with E-state index in [2.05, 4.69) is 52.2 Å². The number of hydrogen-bond acceptors (Lipinski definition) is 2. The number of rotatable bonds is 22. The van der Waals surface area contributed by atoms with E-state index in [9.17, 15) is 0 Å². The molecule has 0 atom stereocenters. The molecule has 29 heavy (non-hydrogen) atoms. The minimum absolute atomic E-state index is 0.126. The van der Waals surface area contributed by atoms with Crippen molar-refractivity contribution in [3.05, 3.63) is 0 Å². The van der Waals surface area contributed by atoms with Crippen molar-refractivity contribution in [2.24, 2.45) is 5.41 Å². The van der Waals surface area contributed by atoms with Gasteiger partial charge in [0, 0.05) is 0 Å². The summed E-state index contributed by atoms with van der Waals surface area (Å²) in [7, 11) is 0. The zero-order valence-corrected chi connectivity index (χ0v) is 21.4. The van der Waals surface area contributed by atoms with Crippen molar-refractivity contribution < 1.29 is 0 Å². The lowest BCUT2D eigenvalue weighted by molar-refractivity contribution is 0.175. The Bertz CT molecular complexity index is 312. The van der Waals surface area contributed by atoms with Crippen molar-refractivity contribution in [3.63, 3.8) is 0 Å². The second-order valence-corrected chi connectivity index (χ2v) is 9.82. The van der Waals surface area contributed by atoms with Crippen LogP contribution >= 0.6 is 0 Å². The van der Waals surface area contributed by atoms with E-state index in [1.165, 1.54) is 109 Å². The Morgan fingerprint density at radius 2 is 0.793 bits per heavy atom. The molecule has 0 aromatic carbocycles. The van der Waals surface area contributed by atoms with Gasteiger partial charge in [0.05, 0.1) is 5.66 Å². The average molecular weight is 411 g/mol. The van der Waals surface area contributed by atoms with E-state index in [4.69, 9.17) is 0 Å². The SMILES string of the molecule is CCCCC(CCCC)(CCCC)CCCCCCCCC(C)(NCC)NCC. The molecule has 2 nitrogen and oxygen atoms in total. The van der Waals surface area contributed by atoms with Crippen LogP contribution in [-0.4, -0.2) is 18.8 Å². The lowest BCUT2D eigenvalue weighted by atomic mass is 9.71. The van der Waals surface area contributed by atoms with Gasteiger partial charge in [-0.3, -0.25) is 10.6 Å². The zero-order chi connectivity index (χ0) is 21.8. The van der Waals surface area contributed by atoms with Crippen molar-refractivity contribution >= 4 is 0 Å². The van der Waals surface area contributed by atoms with Crippen LogP contribution in [0.15, 0.2) is 0 Å². The van der Waals surface area contributed by atoms with E-state index in [1.54, 1.807) is 0 Å². The third-order valence-electron chi connectivity index (χ3n) is 6.95. The van der Waals surface area contributed by atoms with Crippen LogP contribution < -0.4 is 10.6 Å². The van der Waals surface area contributed by atoms with Gasteiger partial charge in [-0.05, 0) is 57.5 Å². The lowest BCUT2D eigenvalue weighted by Crippen LogP contribution is -2.54. The van der Waals surface area contributed by atoms with Gasteiger partial charge in [-0.25, -0.2) is 0 Å². The summed E-state index contributed by atoms with van der Waals surface area (Å²) in [5, 5.41) is 7.25. The molecule has 0 rings (SSSR count). The molecular weight excluding hydrogens is 352 g/mol. The molecule has 0 aromatic heterocycles. The van der Waals surface area contributed by atoms with Crippen LogP contribution in [0.1, 0.15) is 151 Å². The molecule has 0 aliphatic heterocycles. The smallest absolute Gasteiger partial charge is 0.0657 e. The maximum atomic E-state index is 3.63. The van der Waals surface area contributed by atoms with Crippen LogP contribution in [0.3, 0.4) is 0 Å². The quantitative estimate of drug-likeness (QED) is 0.138. The Hall–Kier alpha value is -0.0800. The summed E-state index contributed by atoms with van der Waals surface area (Å²) >= 11 is 0. The van der Waals surface area contributed by atoms with Gasteiger partial charge in [-0.15, -0.1) is 0 Å². The van der Waals surface area contributed by atoms with Crippen molar-refractivity contribution in [2.75, 3.05) is 13.1 Å². The second-order valence-electron chi connectivity index (χ2n) is 9.82. The molecule has 176 valence electrons. The molecule has 0 unspecified atom stereocenters.